The van der Waals surface area contributed by atoms with E-state index in [2.05, 4.69) is 18.0 Å². The monoisotopic (exact) mass is 230 g/mol. The van der Waals surface area contributed by atoms with Gasteiger partial charge in [0.05, 0.1) is 6.26 Å². The van der Waals surface area contributed by atoms with E-state index in [9.17, 15) is 0 Å². The predicted octanol–water partition coefficient (Wildman–Crippen LogP) is 2.36. The van der Waals surface area contributed by atoms with E-state index < -0.39 is 0 Å². The van der Waals surface area contributed by atoms with Crippen LogP contribution in [0.1, 0.15) is 18.4 Å². The molecule has 0 spiro atoms. The molecule has 1 aromatic carbocycles. The van der Waals surface area contributed by atoms with E-state index in [-0.39, 0.29) is 5.54 Å². The lowest BCUT2D eigenvalue weighted by atomic mass is 10.1. The normalized spacial score (nSPS) is 17.8. The second-order valence-electron chi connectivity index (χ2n) is 5.29. The molecule has 0 bridgehead atoms. The number of nitrogens with zero attached hydrogens (tertiary/aromatic N) is 1. The summed E-state index contributed by atoms with van der Waals surface area (Å²) in [6.07, 6.45) is 4.17. The molecule has 1 aromatic heterocycles. The summed E-state index contributed by atoms with van der Waals surface area (Å²) in [7, 11) is 2.12. The molecule has 0 radical (unpaired) electrons. The third kappa shape index (κ3) is 2.21. The van der Waals surface area contributed by atoms with Crippen LogP contribution in [0.2, 0.25) is 0 Å². The number of benzene rings is 1. The zero-order chi connectivity index (χ0) is 11.9. The highest BCUT2D eigenvalue weighted by molar-refractivity contribution is 5.80. The Labute approximate surface area is 101 Å². The van der Waals surface area contributed by atoms with E-state index in [1.54, 1.807) is 0 Å². The summed E-state index contributed by atoms with van der Waals surface area (Å²) in [5, 5.41) is 1.21. The molecule has 2 N–H and O–H groups in total. The number of fused-ring (bicyclic) bond motifs is 1. The van der Waals surface area contributed by atoms with Crippen molar-refractivity contribution >= 4 is 11.0 Å². The van der Waals surface area contributed by atoms with Crippen LogP contribution in [-0.4, -0.2) is 24.0 Å². The van der Waals surface area contributed by atoms with Gasteiger partial charge >= 0.3 is 0 Å². The van der Waals surface area contributed by atoms with Gasteiger partial charge in [-0.1, -0.05) is 18.2 Å². The quantitative estimate of drug-likeness (QED) is 0.876. The molecule has 1 fully saturated rings. The fourth-order valence-corrected chi connectivity index (χ4v) is 2.36. The van der Waals surface area contributed by atoms with Crippen LogP contribution < -0.4 is 5.73 Å². The fourth-order valence-electron chi connectivity index (χ4n) is 2.36. The van der Waals surface area contributed by atoms with Gasteiger partial charge in [-0.3, -0.25) is 0 Å². The van der Waals surface area contributed by atoms with Gasteiger partial charge in [0.25, 0.3) is 0 Å². The summed E-state index contributed by atoms with van der Waals surface area (Å²) in [4.78, 5) is 2.28. The molecule has 0 atom stereocenters. The first-order valence-electron chi connectivity index (χ1n) is 6.09. The summed E-state index contributed by atoms with van der Waals surface area (Å²) in [5.41, 5.74) is 8.41. The summed E-state index contributed by atoms with van der Waals surface area (Å²) in [5.74, 6) is 0. The Hall–Kier alpha value is -1.32. The van der Waals surface area contributed by atoms with E-state index in [1.807, 2.05) is 24.5 Å². The van der Waals surface area contributed by atoms with Crippen LogP contribution in [0.3, 0.4) is 0 Å². The van der Waals surface area contributed by atoms with Crippen LogP contribution in [0.5, 0.6) is 0 Å². The molecule has 1 saturated carbocycles. The van der Waals surface area contributed by atoms with E-state index in [1.165, 1.54) is 10.9 Å². The number of nitrogens with two attached hydrogens (primary N) is 1. The van der Waals surface area contributed by atoms with Gasteiger partial charge < -0.3 is 15.1 Å². The molecule has 3 heteroatoms. The first-order valence-corrected chi connectivity index (χ1v) is 6.09. The van der Waals surface area contributed by atoms with Crippen molar-refractivity contribution in [2.24, 2.45) is 5.73 Å². The molecule has 90 valence electrons. The Kier molecular flexibility index (Phi) is 2.45. The van der Waals surface area contributed by atoms with Crippen molar-refractivity contribution in [2.75, 3.05) is 13.6 Å². The minimum Gasteiger partial charge on any atom is -0.464 e. The van der Waals surface area contributed by atoms with Gasteiger partial charge in [0.15, 0.2) is 0 Å². The maximum Gasteiger partial charge on any atom is 0.134 e. The van der Waals surface area contributed by atoms with Crippen LogP contribution in [0.25, 0.3) is 11.0 Å². The molecule has 3 nitrogen and oxygen atoms in total. The van der Waals surface area contributed by atoms with Crippen LogP contribution in [0, 0.1) is 0 Å². The highest BCUT2D eigenvalue weighted by Crippen LogP contribution is 2.33. The number of hydrogen-bond donors (Lipinski definition) is 1. The maximum atomic E-state index is 6.12. The third-order valence-electron chi connectivity index (χ3n) is 3.48. The van der Waals surface area contributed by atoms with E-state index >= 15 is 0 Å². The van der Waals surface area contributed by atoms with Crippen molar-refractivity contribution in [1.29, 1.82) is 0 Å². The zero-order valence-electron chi connectivity index (χ0n) is 10.1. The Balaban J connectivity index is 1.75. The molecule has 1 aliphatic carbocycles. The first-order chi connectivity index (χ1) is 8.16. The van der Waals surface area contributed by atoms with Gasteiger partial charge in [0.2, 0.25) is 0 Å². The summed E-state index contributed by atoms with van der Waals surface area (Å²) in [6, 6.07) is 8.16. The average molecular weight is 230 g/mol. The molecule has 3 rings (SSSR count). The Morgan fingerprint density at radius 2 is 2.12 bits per heavy atom. The second-order valence-corrected chi connectivity index (χ2v) is 5.29. The molecule has 0 amide bonds. The molecular weight excluding hydrogens is 212 g/mol. The van der Waals surface area contributed by atoms with Crippen LogP contribution >= 0.6 is 0 Å². The SMILES string of the molecule is CN(Cc1coc2ccccc12)CC1(N)CC1. The smallest absolute Gasteiger partial charge is 0.134 e. The number of para-hydroxylation sites is 1. The third-order valence-corrected chi connectivity index (χ3v) is 3.48. The second kappa shape index (κ2) is 3.86. The Morgan fingerprint density at radius 1 is 1.35 bits per heavy atom. The minimum atomic E-state index is 0.0777. The van der Waals surface area contributed by atoms with Crippen LogP contribution in [0.4, 0.5) is 0 Å². The number of likely N-dealkylation sites (N-methyl/N-ethyl adjacent to an activating group) is 1. The topological polar surface area (TPSA) is 42.4 Å². The zero-order valence-corrected chi connectivity index (χ0v) is 10.1. The van der Waals surface area contributed by atoms with Gasteiger partial charge in [-0.25, -0.2) is 0 Å². The van der Waals surface area contributed by atoms with Crippen LogP contribution in [0.15, 0.2) is 34.9 Å². The molecule has 2 aromatic rings. The highest BCUT2D eigenvalue weighted by atomic mass is 16.3. The summed E-state index contributed by atoms with van der Waals surface area (Å²) >= 11 is 0. The van der Waals surface area contributed by atoms with E-state index in [0.717, 1.165) is 31.5 Å². The summed E-state index contributed by atoms with van der Waals surface area (Å²) < 4.78 is 5.54. The van der Waals surface area contributed by atoms with Crippen LogP contribution in [-0.2, 0) is 6.54 Å². The van der Waals surface area contributed by atoms with Crippen molar-refractivity contribution in [2.45, 2.75) is 24.9 Å². The summed E-state index contributed by atoms with van der Waals surface area (Å²) in [6.45, 7) is 1.86. The molecule has 0 aliphatic heterocycles. The van der Waals surface area contributed by atoms with Crippen molar-refractivity contribution in [3.05, 3.63) is 36.1 Å². The van der Waals surface area contributed by atoms with Gasteiger partial charge in [0.1, 0.15) is 5.58 Å². The predicted molar refractivity (Wildman–Crippen MR) is 68.7 cm³/mol. The van der Waals surface area contributed by atoms with Crippen molar-refractivity contribution in [3.63, 3.8) is 0 Å². The standard InChI is InChI=1S/C14H18N2O/c1-16(10-14(15)6-7-14)8-11-9-17-13-5-3-2-4-12(11)13/h2-5,9H,6-8,10,15H2,1H3. The van der Waals surface area contributed by atoms with Crippen molar-refractivity contribution in [1.82, 2.24) is 4.90 Å². The maximum absolute atomic E-state index is 6.12. The molecular formula is C14H18N2O. The van der Waals surface area contributed by atoms with Gasteiger partial charge in [-0.05, 0) is 26.0 Å². The molecule has 17 heavy (non-hydrogen) atoms. The van der Waals surface area contributed by atoms with Gasteiger partial charge in [-0.15, -0.1) is 0 Å². The number of hydrogen-bond acceptors (Lipinski definition) is 3. The molecule has 1 aliphatic rings. The lowest BCUT2D eigenvalue weighted by Crippen LogP contribution is -2.36. The lowest BCUT2D eigenvalue weighted by molar-refractivity contribution is 0.295. The van der Waals surface area contributed by atoms with E-state index in [0.29, 0.717) is 0 Å². The van der Waals surface area contributed by atoms with Gasteiger partial charge in [-0.2, -0.15) is 0 Å². The largest absolute Gasteiger partial charge is 0.464 e. The number of furan rings is 1. The molecule has 1 heterocycles. The Bertz CT molecular complexity index is 528. The lowest BCUT2D eigenvalue weighted by Gasteiger charge is -2.20. The fraction of sp³-hybridized carbons (Fsp3) is 0.429. The Morgan fingerprint density at radius 3 is 2.88 bits per heavy atom. The first kappa shape index (κ1) is 10.8. The van der Waals surface area contributed by atoms with Crippen molar-refractivity contribution in [3.8, 4) is 0 Å². The molecule has 0 saturated heterocycles. The number of rotatable bonds is 4. The average Bonchev–Trinajstić information content (AvgIpc) is 2.89. The minimum absolute atomic E-state index is 0.0777. The highest BCUT2D eigenvalue weighted by Gasteiger charge is 2.38. The molecule has 0 unspecified atom stereocenters. The van der Waals surface area contributed by atoms with Gasteiger partial charge in [0, 0.05) is 29.6 Å². The van der Waals surface area contributed by atoms with Crippen molar-refractivity contribution < 1.29 is 4.42 Å². The van der Waals surface area contributed by atoms with E-state index in [4.69, 9.17) is 10.2 Å².